The SMILES string of the molecule is CC(=O)N[C@@H]1CCN(CC(=O)Nc2cc(-c3nccs3)nc(-c3ccc(C)o3)n2)C1.Cc1ccc(-c2nc(NC(=O)CN3CCC(O)C3)cc(-c3nccs3)n2)o1. The van der Waals surface area contributed by atoms with Crippen molar-refractivity contribution in [3.8, 4) is 44.6 Å². The molecule has 2 aliphatic rings. The Bertz CT molecular complexity index is 2310. The van der Waals surface area contributed by atoms with Crippen molar-refractivity contribution < 1.29 is 28.3 Å². The summed E-state index contributed by atoms with van der Waals surface area (Å²) in [6.07, 6.45) is 4.57. The molecule has 3 amide bonds. The molecule has 2 aliphatic heterocycles. The maximum Gasteiger partial charge on any atom is 0.239 e. The molecular formula is C38H41N11O6S2. The number of aliphatic hydroxyl groups is 1. The van der Waals surface area contributed by atoms with Gasteiger partial charge in [0.25, 0.3) is 0 Å². The van der Waals surface area contributed by atoms with Crippen LogP contribution in [0.15, 0.2) is 68.4 Å². The van der Waals surface area contributed by atoms with Gasteiger partial charge in [0.15, 0.2) is 23.2 Å². The Morgan fingerprint density at radius 1 is 0.754 bits per heavy atom. The Labute approximate surface area is 335 Å². The van der Waals surface area contributed by atoms with E-state index in [0.717, 1.165) is 34.5 Å². The van der Waals surface area contributed by atoms with Crippen LogP contribution in [-0.2, 0) is 14.4 Å². The van der Waals surface area contributed by atoms with Crippen molar-refractivity contribution in [2.24, 2.45) is 0 Å². The Balaban J connectivity index is 0.000000175. The number of nitrogens with zero attached hydrogens (tertiary/aromatic N) is 8. The van der Waals surface area contributed by atoms with E-state index in [2.05, 4.69) is 45.9 Å². The van der Waals surface area contributed by atoms with Crippen molar-refractivity contribution in [3.05, 3.63) is 71.1 Å². The van der Waals surface area contributed by atoms with Crippen LogP contribution in [0.5, 0.6) is 0 Å². The molecule has 6 aromatic heterocycles. The number of amides is 3. The zero-order valence-corrected chi connectivity index (χ0v) is 33.1. The maximum absolute atomic E-state index is 12.6. The zero-order valence-electron chi connectivity index (χ0n) is 31.5. The highest BCUT2D eigenvalue weighted by Gasteiger charge is 2.25. The van der Waals surface area contributed by atoms with Gasteiger partial charge in [-0.25, -0.2) is 29.9 Å². The van der Waals surface area contributed by atoms with Gasteiger partial charge in [0.1, 0.15) is 44.6 Å². The van der Waals surface area contributed by atoms with Gasteiger partial charge < -0.3 is 29.9 Å². The van der Waals surface area contributed by atoms with Gasteiger partial charge in [0.05, 0.1) is 19.2 Å². The lowest BCUT2D eigenvalue weighted by Crippen LogP contribution is -2.37. The molecule has 0 aromatic carbocycles. The highest BCUT2D eigenvalue weighted by Crippen LogP contribution is 2.28. The molecule has 17 nitrogen and oxygen atoms in total. The third kappa shape index (κ3) is 10.8. The lowest BCUT2D eigenvalue weighted by Gasteiger charge is -2.16. The summed E-state index contributed by atoms with van der Waals surface area (Å²) < 4.78 is 11.3. The highest BCUT2D eigenvalue weighted by molar-refractivity contribution is 7.13. The number of rotatable bonds is 11. The second-order valence-corrected chi connectivity index (χ2v) is 15.4. The minimum absolute atomic E-state index is 0.0531. The molecule has 0 radical (unpaired) electrons. The quantitative estimate of drug-likeness (QED) is 0.142. The van der Waals surface area contributed by atoms with E-state index in [9.17, 15) is 19.5 Å². The third-order valence-corrected chi connectivity index (χ3v) is 10.5. The van der Waals surface area contributed by atoms with Crippen LogP contribution in [0.25, 0.3) is 44.6 Å². The van der Waals surface area contributed by atoms with E-state index < -0.39 is 0 Å². The monoisotopic (exact) mass is 811 g/mol. The predicted molar refractivity (Wildman–Crippen MR) is 214 cm³/mol. The van der Waals surface area contributed by atoms with Crippen LogP contribution in [0.1, 0.15) is 31.3 Å². The topological polar surface area (TPSA) is 218 Å². The number of hydrogen-bond donors (Lipinski definition) is 4. The van der Waals surface area contributed by atoms with E-state index in [0.29, 0.717) is 72.2 Å². The lowest BCUT2D eigenvalue weighted by atomic mass is 10.3. The summed E-state index contributed by atoms with van der Waals surface area (Å²) in [5.41, 5.74) is 1.24. The number of hydrogen-bond acceptors (Lipinski definition) is 16. The van der Waals surface area contributed by atoms with Gasteiger partial charge in [0, 0.05) is 74.4 Å². The summed E-state index contributed by atoms with van der Waals surface area (Å²) in [5, 5.41) is 23.4. The molecule has 0 saturated carbocycles. The van der Waals surface area contributed by atoms with Crippen molar-refractivity contribution in [1.29, 1.82) is 0 Å². The van der Waals surface area contributed by atoms with Gasteiger partial charge in [0.2, 0.25) is 17.7 Å². The molecule has 4 N–H and O–H groups in total. The maximum atomic E-state index is 12.6. The minimum Gasteiger partial charge on any atom is -0.458 e. The van der Waals surface area contributed by atoms with Crippen LogP contribution in [0.2, 0.25) is 0 Å². The fourth-order valence-electron chi connectivity index (χ4n) is 6.38. The van der Waals surface area contributed by atoms with E-state index in [4.69, 9.17) is 8.83 Å². The first-order valence-corrected chi connectivity index (χ1v) is 20.0. The average molecular weight is 812 g/mol. The van der Waals surface area contributed by atoms with Crippen molar-refractivity contribution in [2.75, 3.05) is 49.9 Å². The fraction of sp³-hybridized carbons (Fsp3) is 0.342. The smallest absolute Gasteiger partial charge is 0.239 e. The molecule has 296 valence electrons. The third-order valence-electron chi connectivity index (χ3n) is 8.87. The number of nitrogens with one attached hydrogen (secondary N) is 3. The largest absolute Gasteiger partial charge is 0.458 e. The Morgan fingerprint density at radius 3 is 1.68 bits per heavy atom. The van der Waals surface area contributed by atoms with E-state index in [1.165, 1.54) is 29.6 Å². The summed E-state index contributed by atoms with van der Waals surface area (Å²) in [6, 6.07) is 10.8. The van der Waals surface area contributed by atoms with Crippen LogP contribution in [0.4, 0.5) is 11.6 Å². The van der Waals surface area contributed by atoms with Crippen LogP contribution in [-0.4, -0.2) is 114 Å². The molecule has 0 spiro atoms. The van der Waals surface area contributed by atoms with Crippen LogP contribution < -0.4 is 16.0 Å². The molecule has 6 aromatic rings. The molecule has 2 atom stereocenters. The number of anilines is 2. The number of aliphatic hydroxyl groups excluding tert-OH is 1. The molecule has 0 aliphatic carbocycles. The molecule has 0 bridgehead atoms. The van der Waals surface area contributed by atoms with Gasteiger partial charge >= 0.3 is 0 Å². The number of aromatic nitrogens is 6. The normalized spacial score (nSPS) is 16.9. The van der Waals surface area contributed by atoms with Crippen LogP contribution >= 0.6 is 22.7 Å². The van der Waals surface area contributed by atoms with Crippen LogP contribution in [0, 0.1) is 13.8 Å². The number of likely N-dealkylation sites (tertiary alicyclic amines) is 2. The first-order valence-electron chi connectivity index (χ1n) is 18.2. The summed E-state index contributed by atoms with van der Waals surface area (Å²) in [5.74, 6) is 3.71. The van der Waals surface area contributed by atoms with Gasteiger partial charge in [-0.1, -0.05) is 0 Å². The summed E-state index contributed by atoms with van der Waals surface area (Å²) >= 11 is 2.91. The lowest BCUT2D eigenvalue weighted by molar-refractivity contribution is -0.119. The van der Waals surface area contributed by atoms with Gasteiger partial charge in [-0.2, -0.15) is 0 Å². The van der Waals surface area contributed by atoms with Gasteiger partial charge in [-0.15, -0.1) is 22.7 Å². The van der Waals surface area contributed by atoms with Crippen molar-refractivity contribution >= 4 is 52.0 Å². The van der Waals surface area contributed by atoms with Crippen LogP contribution in [0.3, 0.4) is 0 Å². The number of carbonyl (C=O) groups excluding carboxylic acids is 3. The molecule has 57 heavy (non-hydrogen) atoms. The molecule has 8 heterocycles. The number of carbonyl (C=O) groups is 3. The van der Waals surface area contributed by atoms with E-state index >= 15 is 0 Å². The fourth-order valence-corrected chi connectivity index (χ4v) is 7.57. The van der Waals surface area contributed by atoms with E-state index in [-0.39, 0.29) is 43.0 Å². The second-order valence-electron chi connectivity index (χ2n) is 13.6. The summed E-state index contributed by atoms with van der Waals surface area (Å²) in [4.78, 5) is 66.7. The molecule has 8 rings (SSSR count). The average Bonchev–Trinajstić information content (AvgIpc) is 4.02. The first-order chi connectivity index (χ1) is 27.5. The standard InChI is InChI=1S/C20H22N6O3S.C18H19N5O3S/c1-12-3-4-16(29-12)19-23-15(20-21-6-8-30-20)9-17(25-19)24-18(28)11-26-7-5-14(10-26)22-13(2)27;1-11-2-3-14(26-11)17-20-13(18-19-5-7-27-18)8-15(22-17)21-16(25)10-23-6-4-12(24)9-23/h3-4,6,8-9,14H,5,7,10-11H2,1-2H3,(H,22,27)(H,23,24,25,28);2-3,5,7-8,12,24H,4,6,9-10H2,1H3,(H,20,21,22,25)/t14-;/m1./s1. The minimum atomic E-state index is -0.359. The Morgan fingerprint density at radius 2 is 1.26 bits per heavy atom. The molecule has 1 unspecified atom stereocenters. The summed E-state index contributed by atoms with van der Waals surface area (Å²) in [7, 11) is 0. The van der Waals surface area contributed by atoms with E-state index in [1.807, 2.05) is 46.5 Å². The number of furan rings is 2. The van der Waals surface area contributed by atoms with Crippen molar-refractivity contribution in [3.63, 3.8) is 0 Å². The molecular weight excluding hydrogens is 771 g/mol. The van der Waals surface area contributed by atoms with Crippen molar-refractivity contribution in [2.45, 2.75) is 45.8 Å². The predicted octanol–water partition coefficient (Wildman–Crippen LogP) is 4.49. The zero-order chi connectivity index (χ0) is 39.9. The van der Waals surface area contributed by atoms with Crippen molar-refractivity contribution in [1.82, 2.24) is 45.0 Å². The second kappa shape index (κ2) is 18.0. The number of β-amino-alcohol motifs (C(OH)–C–C–N with tert-alkyl or cyclic N) is 1. The Hall–Kier alpha value is -5.73. The number of thiazole rings is 2. The molecule has 19 heteroatoms. The van der Waals surface area contributed by atoms with E-state index in [1.54, 1.807) is 36.7 Å². The number of aryl methyl sites for hydroxylation is 2. The van der Waals surface area contributed by atoms with Gasteiger partial charge in [-0.3, -0.25) is 24.2 Å². The first kappa shape index (κ1) is 39.5. The molecule has 2 fully saturated rings. The van der Waals surface area contributed by atoms with Gasteiger partial charge in [-0.05, 0) is 51.0 Å². The molecule has 2 saturated heterocycles. The highest BCUT2D eigenvalue weighted by atomic mass is 32.1. The Kier molecular flexibility index (Phi) is 12.5. The summed E-state index contributed by atoms with van der Waals surface area (Å²) in [6.45, 7) is 8.26.